The summed E-state index contributed by atoms with van der Waals surface area (Å²) in [5, 5.41) is 18.5. The number of unbranched alkanes of at least 4 members (excludes halogenated alkanes) is 2. The van der Waals surface area contributed by atoms with E-state index in [9.17, 15) is 5.11 Å². The van der Waals surface area contributed by atoms with Crippen LogP contribution in [0.5, 0.6) is 0 Å². The average molecular weight is 472 g/mol. The second-order valence-electron chi connectivity index (χ2n) is 9.56. The highest BCUT2D eigenvalue weighted by molar-refractivity contribution is 5.80. The molecule has 3 heterocycles. The van der Waals surface area contributed by atoms with Crippen molar-refractivity contribution in [1.29, 1.82) is 0 Å². The first-order chi connectivity index (χ1) is 17.1. The number of aliphatic hydroxyl groups excluding tert-OH is 1. The molecule has 0 aliphatic carbocycles. The van der Waals surface area contributed by atoms with Gasteiger partial charge in [0, 0.05) is 30.6 Å². The minimum Gasteiger partial charge on any atom is -0.391 e. The van der Waals surface area contributed by atoms with Gasteiger partial charge in [0.1, 0.15) is 6.17 Å². The van der Waals surface area contributed by atoms with E-state index in [2.05, 4.69) is 88.6 Å². The second-order valence-corrected chi connectivity index (χ2v) is 9.56. The van der Waals surface area contributed by atoms with Crippen molar-refractivity contribution in [2.45, 2.75) is 58.2 Å². The van der Waals surface area contributed by atoms with Crippen LogP contribution in [-0.2, 0) is 6.42 Å². The summed E-state index contributed by atoms with van der Waals surface area (Å²) in [6.07, 6.45) is 4.26. The molecule has 5 rings (SSSR count). The van der Waals surface area contributed by atoms with Crippen molar-refractivity contribution in [3.8, 4) is 22.5 Å². The molecule has 0 fully saturated rings. The molecular weight excluding hydrogens is 438 g/mol. The maximum absolute atomic E-state index is 10.6. The van der Waals surface area contributed by atoms with Crippen molar-refractivity contribution in [3.05, 3.63) is 65.4 Å². The minimum atomic E-state index is -0.443. The van der Waals surface area contributed by atoms with Gasteiger partial charge in [0.2, 0.25) is 0 Å². The van der Waals surface area contributed by atoms with Gasteiger partial charge in [-0.1, -0.05) is 71.3 Å². The lowest BCUT2D eigenvalue weighted by molar-refractivity contribution is 0.173. The molecule has 2 unspecified atom stereocenters. The predicted octanol–water partition coefficient (Wildman–Crippen LogP) is 4.51. The summed E-state index contributed by atoms with van der Waals surface area (Å²) < 4.78 is 0. The molecule has 0 amide bonds. The Morgan fingerprint density at radius 3 is 2.17 bits per heavy atom. The van der Waals surface area contributed by atoms with E-state index in [0.29, 0.717) is 13.0 Å². The van der Waals surface area contributed by atoms with E-state index >= 15 is 0 Å². The summed E-state index contributed by atoms with van der Waals surface area (Å²) in [6.45, 7) is 5.60. The zero-order chi connectivity index (χ0) is 24.2. The minimum absolute atomic E-state index is 0.0654. The highest BCUT2D eigenvalue weighted by Gasteiger charge is 2.28. The van der Waals surface area contributed by atoms with Crippen molar-refractivity contribution >= 4 is 5.82 Å². The number of aromatic nitrogens is 2. The lowest BCUT2D eigenvalue weighted by Crippen LogP contribution is -2.40. The molecule has 0 saturated carbocycles. The Morgan fingerprint density at radius 2 is 1.54 bits per heavy atom. The quantitative estimate of drug-likeness (QED) is 0.418. The van der Waals surface area contributed by atoms with Crippen molar-refractivity contribution < 1.29 is 5.11 Å². The monoisotopic (exact) mass is 471 g/mol. The summed E-state index contributed by atoms with van der Waals surface area (Å²) in [6, 6.07) is 16.9. The third kappa shape index (κ3) is 5.49. The van der Waals surface area contributed by atoms with E-state index in [0.717, 1.165) is 66.3 Å². The van der Waals surface area contributed by atoms with Gasteiger partial charge in [-0.2, -0.15) is 5.43 Å². The van der Waals surface area contributed by atoms with Crippen LogP contribution in [0.3, 0.4) is 0 Å². The fraction of sp³-hybridized carbons (Fsp3) is 0.407. The van der Waals surface area contributed by atoms with E-state index in [-0.39, 0.29) is 6.17 Å². The third-order valence-corrected chi connectivity index (χ3v) is 6.64. The summed E-state index contributed by atoms with van der Waals surface area (Å²) in [5.74, 6) is 0.900. The number of anilines is 1. The van der Waals surface area contributed by atoms with E-state index in [1.165, 1.54) is 11.1 Å². The Kier molecular flexibility index (Phi) is 7.01. The van der Waals surface area contributed by atoms with Crippen LogP contribution in [0.15, 0.2) is 58.9 Å². The molecule has 182 valence electrons. The number of rotatable bonds is 8. The molecule has 0 saturated heterocycles. The SMILES string of the molecule is Cc1ccc(-c2nc3c(nc2-c2ccc(C)cc2)N(CCCCCC2N=NNN2)CC(O)C3)cc1. The Labute approximate surface area is 206 Å². The molecule has 3 N–H and O–H groups in total. The second kappa shape index (κ2) is 10.5. The lowest BCUT2D eigenvalue weighted by Gasteiger charge is -2.33. The molecule has 0 radical (unpaired) electrons. The van der Waals surface area contributed by atoms with Crippen LogP contribution in [0, 0.1) is 13.8 Å². The molecule has 8 nitrogen and oxygen atoms in total. The smallest absolute Gasteiger partial charge is 0.151 e. The normalized spacial score (nSPS) is 19.0. The number of benzene rings is 2. The Balaban J connectivity index is 1.42. The van der Waals surface area contributed by atoms with Crippen LogP contribution >= 0.6 is 0 Å². The first-order valence-electron chi connectivity index (χ1n) is 12.5. The van der Waals surface area contributed by atoms with Crippen molar-refractivity contribution in [1.82, 2.24) is 20.9 Å². The predicted molar refractivity (Wildman–Crippen MR) is 138 cm³/mol. The zero-order valence-corrected chi connectivity index (χ0v) is 20.4. The Hall–Kier alpha value is -3.36. The standard InChI is InChI=1S/C27H33N7O/c1-18-7-11-20(12-8-18)25-26(21-13-9-19(2)10-14-21)29-27-23(28-25)16-22(35)17-34(27)15-5-3-4-6-24-30-32-33-31-24/h7-14,22,24,35H,3-6,15-17H2,1-2H3,(H,30,33)(H,31,32). The highest BCUT2D eigenvalue weighted by atomic mass is 16.3. The number of β-amino-alcohol motifs (C(OH)–C–C–N with tert-alkyl or cyclic N) is 1. The van der Waals surface area contributed by atoms with Crippen molar-refractivity contribution in [3.63, 3.8) is 0 Å². The fourth-order valence-electron chi connectivity index (χ4n) is 4.68. The largest absolute Gasteiger partial charge is 0.391 e. The van der Waals surface area contributed by atoms with Crippen LogP contribution in [0.1, 0.15) is 42.5 Å². The maximum atomic E-state index is 10.6. The molecule has 0 spiro atoms. The molecular formula is C27H33N7O. The number of nitrogens with one attached hydrogen (secondary N) is 2. The third-order valence-electron chi connectivity index (χ3n) is 6.64. The summed E-state index contributed by atoms with van der Waals surface area (Å²) >= 11 is 0. The van der Waals surface area contributed by atoms with E-state index in [4.69, 9.17) is 9.97 Å². The van der Waals surface area contributed by atoms with E-state index in [1.54, 1.807) is 0 Å². The van der Waals surface area contributed by atoms with E-state index in [1.807, 2.05) is 0 Å². The molecule has 2 aliphatic rings. The number of hydrazine groups is 1. The van der Waals surface area contributed by atoms with Gasteiger partial charge < -0.3 is 10.0 Å². The summed E-state index contributed by atoms with van der Waals surface area (Å²) in [7, 11) is 0. The summed E-state index contributed by atoms with van der Waals surface area (Å²) in [4.78, 5) is 12.5. The number of aryl methyl sites for hydroxylation is 2. The Bertz CT molecular complexity index is 1180. The fourth-order valence-corrected chi connectivity index (χ4v) is 4.68. The van der Waals surface area contributed by atoms with Gasteiger partial charge in [0.25, 0.3) is 0 Å². The number of aliphatic hydroxyl groups is 1. The van der Waals surface area contributed by atoms with Gasteiger partial charge in [-0.15, -0.1) is 5.11 Å². The number of hydrogen-bond donors (Lipinski definition) is 3. The van der Waals surface area contributed by atoms with Gasteiger partial charge in [0.05, 0.1) is 23.2 Å². The van der Waals surface area contributed by atoms with Gasteiger partial charge in [-0.05, 0) is 33.1 Å². The summed E-state index contributed by atoms with van der Waals surface area (Å²) in [5.41, 5.74) is 12.8. The molecule has 0 bridgehead atoms. The topological polar surface area (TPSA) is 98.0 Å². The lowest BCUT2D eigenvalue weighted by atomic mass is 10.00. The maximum Gasteiger partial charge on any atom is 0.151 e. The van der Waals surface area contributed by atoms with Crippen LogP contribution < -0.4 is 15.9 Å². The molecule has 8 heteroatoms. The molecule has 2 aliphatic heterocycles. The number of fused-ring (bicyclic) bond motifs is 1. The zero-order valence-electron chi connectivity index (χ0n) is 20.4. The molecule has 1 aromatic heterocycles. The highest BCUT2D eigenvalue weighted by Crippen LogP contribution is 2.35. The number of hydrogen-bond acceptors (Lipinski definition) is 8. The van der Waals surface area contributed by atoms with Crippen LogP contribution in [0.4, 0.5) is 5.82 Å². The van der Waals surface area contributed by atoms with Gasteiger partial charge in [-0.3, -0.25) is 0 Å². The van der Waals surface area contributed by atoms with Gasteiger partial charge in [-0.25, -0.2) is 15.5 Å². The molecule has 2 aromatic carbocycles. The average Bonchev–Trinajstić information content (AvgIpc) is 3.38. The Morgan fingerprint density at radius 1 is 0.886 bits per heavy atom. The molecule has 2 atom stereocenters. The first kappa shape index (κ1) is 23.4. The molecule has 35 heavy (non-hydrogen) atoms. The number of nitrogens with zero attached hydrogens (tertiary/aromatic N) is 5. The van der Waals surface area contributed by atoms with Crippen LogP contribution in [-0.4, -0.2) is 40.4 Å². The van der Waals surface area contributed by atoms with Gasteiger partial charge >= 0.3 is 0 Å². The van der Waals surface area contributed by atoms with Crippen molar-refractivity contribution in [2.75, 3.05) is 18.0 Å². The van der Waals surface area contributed by atoms with Crippen LogP contribution in [0.2, 0.25) is 0 Å². The first-order valence-corrected chi connectivity index (χ1v) is 12.5. The molecule has 3 aromatic rings. The van der Waals surface area contributed by atoms with Gasteiger partial charge in [0.15, 0.2) is 5.82 Å². The van der Waals surface area contributed by atoms with E-state index < -0.39 is 6.10 Å². The van der Waals surface area contributed by atoms with Crippen LogP contribution in [0.25, 0.3) is 22.5 Å². The van der Waals surface area contributed by atoms with Crippen molar-refractivity contribution in [2.24, 2.45) is 10.3 Å².